The lowest BCUT2D eigenvalue weighted by atomic mass is 10.1. The third-order valence-corrected chi connectivity index (χ3v) is 3.26. The summed E-state index contributed by atoms with van der Waals surface area (Å²) in [6.45, 7) is 1.14. The van der Waals surface area contributed by atoms with Gasteiger partial charge in [-0.3, -0.25) is 0 Å². The highest BCUT2D eigenvalue weighted by molar-refractivity contribution is 7.10. The molecular formula is C7H9Cl2NS. The standard InChI is InChI=1S/C7H8ClNS.ClH/c8-5-2-4-10-7(5)6-1-3-9-6;/h2,4,6,9H,1,3H2;1H/t6-;/m0./s1. The Kier molecular flexibility index (Phi) is 3.19. The quantitative estimate of drug-likeness (QED) is 0.751. The molecule has 1 aromatic rings. The summed E-state index contributed by atoms with van der Waals surface area (Å²) in [5.41, 5.74) is 0. The molecule has 2 rings (SSSR count). The van der Waals surface area contributed by atoms with Crippen LogP contribution in [0.15, 0.2) is 11.4 Å². The van der Waals surface area contributed by atoms with Crippen molar-refractivity contribution in [2.75, 3.05) is 6.54 Å². The molecule has 1 aliphatic rings. The third-order valence-electron chi connectivity index (χ3n) is 1.79. The molecule has 1 saturated heterocycles. The summed E-state index contributed by atoms with van der Waals surface area (Å²) < 4.78 is 0. The zero-order chi connectivity index (χ0) is 6.97. The first-order valence-corrected chi connectivity index (χ1v) is 4.60. The maximum atomic E-state index is 5.92. The molecule has 0 bridgehead atoms. The van der Waals surface area contributed by atoms with E-state index in [1.807, 2.05) is 11.4 Å². The van der Waals surface area contributed by atoms with Crippen molar-refractivity contribution in [2.24, 2.45) is 0 Å². The van der Waals surface area contributed by atoms with Gasteiger partial charge in [-0.25, -0.2) is 0 Å². The number of hydrogen-bond donors (Lipinski definition) is 1. The topological polar surface area (TPSA) is 12.0 Å². The van der Waals surface area contributed by atoms with Gasteiger partial charge < -0.3 is 5.32 Å². The number of halogens is 2. The van der Waals surface area contributed by atoms with Gasteiger partial charge in [-0.1, -0.05) is 11.6 Å². The van der Waals surface area contributed by atoms with E-state index in [0.29, 0.717) is 6.04 Å². The van der Waals surface area contributed by atoms with E-state index in [1.54, 1.807) is 11.3 Å². The maximum absolute atomic E-state index is 5.92. The zero-order valence-corrected chi connectivity index (χ0v) is 8.23. The first-order valence-electron chi connectivity index (χ1n) is 3.34. The second-order valence-corrected chi connectivity index (χ2v) is 3.78. The third kappa shape index (κ3) is 1.70. The van der Waals surface area contributed by atoms with Gasteiger partial charge in [0, 0.05) is 10.9 Å². The number of rotatable bonds is 1. The van der Waals surface area contributed by atoms with Gasteiger partial charge in [-0.05, 0) is 24.4 Å². The molecule has 62 valence electrons. The Morgan fingerprint density at radius 1 is 1.64 bits per heavy atom. The van der Waals surface area contributed by atoms with Gasteiger partial charge in [0.05, 0.1) is 5.02 Å². The molecule has 1 aromatic heterocycles. The highest BCUT2D eigenvalue weighted by atomic mass is 35.5. The van der Waals surface area contributed by atoms with Crippen LogP contribution in [0.1, 0.15) is 17.3 Å². The van der Waals surface area contributed by atoms with Crippen LogP contribution in [-0.2, 0) is 0 Å². The van der Waals surface area contributed by atoms with E-state index in [9.17, 15) is 0 Å². The van der Waals surface area contributed by atoms with E-state index in [-0.39, 0.29) is 12.4 Å². The van der Waals surface area contributed by atoms with Crippen LogP contribution in [0.4, 0.5) is 0 Å². The molecule has 1 atom stereocenters. The Balaban J connectivity index is 0.000000605. The lowest BCUT2D eigenvalue weighted by molar-refractivity contribution is 0.389. The Morgan fingerprint density at radius 2 is 2.36 bits per heavy atom. The Morgan fingerprint density at radius 3 is 2.73 bits per heavy atom. The molecule has 0 spiro atoms. The molecule has 1 N–H and O–H groups in total. The largest absolute Gasteiger partial charge is 0.309 e. The van der Waals surface area contributed by atoms with E-state index < -0.39 is 0 Å². The van der Waals surface area contributed by atoms with Crippen LogP contribution in [-0.4, -0.2) is 6.54 Å². The predicted octanol–water partition coefficient (Wildman–Crippen LogP) is 2.86. The fraction of sp³-hybridized carbons (Fsp3) is 0.429. The molecule has 2 heterocycles. The van der Waals surface area contributed by atoms with Crippen LogP contribution < -0.4 is 5.32 Å². The van der Waals surface area contributed by atoms with Gasteiger partial charge in [0.25, 0.3) is 0 Å². The van der Waals surface area contributed by atoms with Crippen LogP contribution in [0, 0.1) is 0 Å². The highest BCUT2D eigenvalue weighted by Gasteiger charge is 2.21. The van der Waals surface area contributed by atoms with Gasteiger partial charge in [0.15, 0.2) is 0 Å². The zero-order valence-electron chi connectivity index (χ0n) is 5.84. The molecule has 0 saturated carbocycles. The SMILES string of the molecule is Cl.Clc1ccsc1[C@@H]1CCN1. The molecule has 1 fully saturated rings. The smallest absolute Gasteiger partial charge is 0.0561 e. The van der Waals surface area contributed by atoms with Crippen LogP contribution in [0.2, 0.25) is 5.02 Å². The van der Waals surface area contributed by atoms with Gasteiger partial charge in [0.2, 0.25) is 0 Å². The fourth-order valence-electron chi connectivity index (χ4n) is 1.07. The number of nitrogens with one attached hydrogen (secondary N) is 1. The van der Waals surface area contributed by atoms with Crippen LogP contribution >= 0.6 is 35.3 Å². The van der Waals surface area contributed by atoms with Gasteiger partial charge >= 0.3 is 0 Å². The van der Waals surface area contributed by atoms with Gasteiger partial charge in [0.1, 0.15) is 0 Å². The molecular weight excluding hydrogens is 201 g/mol. The summed E-state index contributed by atoms with van der Waals surface area (Å²) in [4.78, 5) is 1.30. The highest BCUT2D eigenvalue weighted by Crippen LogP contribution is 2.33. The Labute approximate surface area is 81.2 Å². The second-order valence-electron chi connectivity index (χ2n) is 2.43. The summed E-state index contributed by atoms with van der Waals surface area (Å²) in [6.07, 6.45) is 1.24. The second kappa shape index (κ2) is 3.76. The average Bonchev–Trinajstić information content (AvgIpc) is 2.12. The first kappa shape index (κ1) is 9.33. The monoisotopic (exact) mass is 209 g/mol. The van der Waals surface area contributed by atoms with Gasteiger partial charge in [-0.2, -0.15) is 0 Å². The van der Waals surface area contributed by atoms with Gasteiger partial charge in [-0.15, -0.1) is 23.7 Å². The van der Waals surface area contributed by atoms with Crippen molar-refractivity contribution in [1.29, 1.82) is 0 Å². The van der Waals surface area contributed by atoms with E-state index in [4.69, 9.17) is 11.6 Å². The van der Waals surface area contributed by atoms with Crippen LogP contribution in [0.5, 0.6) is 0 Å². The molecule has 1 nitrogen and oxygen atoms in total. The Bertz CT molecular complexity index is 232. The molecule has 0 amide bonds. The van der Waals surface area contributed by atoms with Crippen molar-refractivity contribution in [2.45, 2.75) is 12.5 Å². The Hall–Kier alpha value is 0.240. The number of hydrogen-bond acceptors (Lipinski definition) is 2. The molecule has 4 heteroatoms. The van der Waals surface area contributed by atoms with Crippen molar-refractivity contribution < 1.29 is 0 Å². The van der Waals surface area contributed by atoms with Crippen LogP contribution in [0.25, 0.3) is 0 Å². The van der Waals surface area contributed by atoms with Crippen molar-refractivity contribution in [3.05, 3.63) is 21.3 Å². The summed E-state index contributed by atoms with van der Waals surface area (Å²) in [5, 5.41) is 6.27. The summed E-state index contributed by atoms with van der Waals surface area (Å²) in [5.74, 6) is 0. The van der Waals surface area contributed by atoms with E-state index >= 15 is 0 Å². The molecule has 11 heavy (non-hydrogen) atoms. The number of thiophene rings is 1. The molecule has 0 aliphatic carbocycles. The van der Waals surface area contributed by atoms with Crippen LogP contribution in [0.3, 0.4) is 0 Å². The molecule has 0 radical (unpaired) electrons. The maximum Gasteiger partial charge on any atom is 0.0561 e. The lowest BCUT2D eigenvalue weighted by Crippen LogP contribution is -2.34. The summed E-state index contributed by atoms with van der Waals surface area (Å²) in [7, 11) is 0. The first-order chi connectivity index (χ1) is 4.88. The van der Waals surface area contributed by atoms with E-state index in [0.717, 1.165) is 11.6 Å². The van der Waals surface area contributed by atoms with Crippen molar-refractivity contribution in [1.82, 2.24) is 5.32 Å². The average molecular weight is 210 g/mol. The summed E-state index contributed by atoms with van der Waals surface area (Å²) >= 11 is 7.66. The molecule has 1 aliphatic heterocycles. The minimum Gasteiger partial charge on any atom is -0.309 e. The predicted molar refractivity (Wildman–Crippen MR) is 51.9 cm³/mol. The minimum absolute atomic E-state index is 0. The lowest BCUT2D eigenvalue weighted by Gasteiger charge is -2.26. The normalized spacial score (nSPS) is 22.1. The summed E-state index contributed by atoms with van der Waals surface area (Å²) in [6, 6.07) is 2.51. The fourth-order valence-corrected chi connectivity index (χ4v) is 2.37. The van der Waals surface area contributed by atoms with Crippen molar-refractivity contribution in [3.8, 4) is 0 Å². The van der Waals surface area contributed by atoms with E-state index in [1.165, 1.54) is 11.3 Å². The van der Waals surface area contributed by atoms with Crippen molar-refractivity contribution >= 4 is 35.3 Å². The minimum atomic E-state index is 0. The molecule has 0 aromatic carbocycles. The van der Waals surface area contributed by atoms with E-state index in [2.05, 4.69) is 5.32 Å². The van der Waals surface area contributed by atoms with Crippen molar-refractivity contribution in [3.63, 3.8) is 0 Å². The molecule has 0 unspecified atom stereocenters.